The number of aromatic nitrogens is 3. The van der Waals surface area contributed by atoms with Crippen molar-refractivity contribution in [1.82, 2.24) is 15.0 Å². The summed E-state index contributed by atoms with van der Waals surface area (Å²) in [5.74, 6) is 1.63. The largest absolute Gasteiger partial charge is 0.354 e. The summed E-state index contributed by atoms with van der Waals surface area (Å²) in [5.41, 5.74) is 0. The molecule has 0 bridgehead atoms. The summed E-state index contributed by atoms with van der Waals surface area (Å²) in [7, 11) is -2.86. The molecule has 9 heteroatoms. The maximum absolute atomic E-state index is 11.4. The maximum Gasteiger partial charge on any atom is 0.231 e. The summed E-state index contributed by atoms with van der Waals surface area (Å²) >= 11 is 5.94. The monoisotopic (exact) mass is 331 g/mol. The van der Waals surface area contributed by atoms with E-state index >= 15 is 0 Å². The molecule has 1 aromatic heterocycles. The SMILES string of the molecule is O=S1(=O)CCC(CNc2nc(Cl)nc(N3CCCC3)n2)C1. The van der Waals surface area contributed by atoms with Gasteiger partial charge in [-0.25, -0.2) is 8.42 Å². The predicted octanol–water partition coefficient (Wildman–Crippen LogP) is 0.972. The molecule has 3 rings (SSSR count). The highest BCUT2D eigenvalue weighted by Crippen LogP contribution is 2.21. The first kappa shape index (κ1) is 14.8. The van der Waals surface area contributed by atoms with Crippen LogP contribution in [0.3, 0.4) is 0 Å². The van der Waals surface area contributed by atoms with Crippen molar-refractivity contribution in [1.29, 1.82) is 0 Å². The van der Waals surface area contributed by atoms with Gasteiger partial charge >= 0.3 is 0 Å². The second-order valence-electron chi connectivity index (χ2n) is 5.57. The summed E-state index contributed by atoms with van der Waals surface area (Å²) in [5, 5.41) is 3.25. The van der Waals surface area contributed by atoms with Crippen LogP contribution in [0, 0.1) is 5.92 Å². The molecule has 2 aliphatic rings. The van der Waals surface area contributed by atoms with Crippen LogP contribution in [0.4, 0.5) is 11.9 Å². The third-order valence-corrected chi connectivity index (χ3v) is 5.87. The Hall–Kier alpha value is -1.15. The van der Waals surface area contributed by atoms with E-state index in [1.54, 1.807) is 0 Å². The van der Waals surface area contributed by atoms with Crippen LogP contribution < -0.4 is 10.2 Å². The number of nitrogens with zero attached hydrogens (tertiary/aromatic N) is 4. The lowest BCUT2D eigenvalue weighted by Gasteiger charge is -2.16. The molecule has 21 heavy (non-hydrogen) atoms. The molecule has 0 aliphatic carbocycles. The van der Waals surface area contributed by atoms with Gasteiger partial charge in [0.25, 0.3) is 0 Å². The molecule has 3 heterocycles. The van der Waals surface area contributed by atoms with E-state index in [0.29, 0.717) is 24.9 Å². The zero-order chi connectivity index (χ0) is 14.9. The van der Waals surface area contributed by atoms with Gasteiger partial charge in [-0.1, -0.05) is 0 Å². The molecule has 1 aromatic rings. The summed E-state index contributed by atoms with van der Waals surface area (Å²) in [6.45, 7) is 2.40. The Balaban J connectivity index is 1.65. The molecule has 0 saturated carbocycles. The Labute approximate surface area is 129 Å². The van der Waals surface area contributed by atoms with Crippen LogP contribution in [-0.4, -0.2) is 54.5 Å². The highest BCUT2D eigenvalue weighted by molar-refractivity contribution is 7.91. The zero-order valence-corrected chi connectivity index (χ0v) is 13.2. The topological polar surface area (TPSA) is 88.1 Å². The number of hydrogen-bond acceptors (Lipinski definition) is 7. The van der Waals surface area contributed by atoms with Crippen LogP contribution in [-0.2, 0) is 9.84 Å². The lowest BCUT2D eigenvalue weighted by atomic mass is 10.1. The van der Waals surface area contributed by atoms with Gasteiger partial charge < -0.3 is 10.2 Å². The molecule has 7 nitrogen and oxygen atoms in total. The van der Waals surface area contributed by atoms with Gasteiger partial charge in [0.05, 0.1) is 11.5 Å². The average Bonchev–Trinajstić information content (AvgIpc) is 3.05. The average molecular weight is 332 g/mol. The third kappa shape index (κ3) is 3.74. The fourth-order valence-electron chi connectivity index (χ4n) is 2.75. The molecular formula is C12H18ClN5O2S. The lowest BCUT2D eigenvalue weighted by Crippen LogP contribution is -2.22. The van der Waals surface area contributed by atoms with E-state index in [-0.39, 0.29) is 22.7 Å². The molecule has 2 saturated heterocycles. The van der Waals surface area contributed by atoms with E-state index in [2.05, 4.69) is 25.2 Å². The fourth-order valence-corrected chi connectivity index (χ4v) is 4.76. The smallest absolute Gasteiger partial charge is 0.231 e. The minimum absolute atomic E-state index is 0.112. The quantitative estimate of drug-likeness (QED) is 0.879. The summed E-state index contributed by atoms with van der Waals surface area (Å²) < 4.78 is 22.9. The van der Waals surface area contributed by atoms with Crippen LogP contribution in [0.2, 0.25) is 5.28 Å². The molecule has 116 valence electrons. The first-order valence-electron chi connectivity index (χ1n) is 7.13. The number of anilines is 2. The third-order valence-electron chi connectivity index (χ3n) is 3.86. The number of rotatable bonds is 4. The summed E-state index contributed by atoms with van der Waals surface area (Å²) in [6, 6.07) is 0. The molecule has 0 aromatic carbocycles. The van der Waals surface area contributed by atoms with Crippen molar-refractivity contribution < 1.29 is 8.42 Å². The van der Waals surface area contributed by atoms with Gasteiger partial charge in [0, 0.05) is 19.6 Å². The summed E-state index contributed by atoms with van der Waals surface area (Å²) in [6.07, 6.45) is 2.95. The molecule has 1 N–H and O–H groups in total. The van der Waals surface area contributed by atoms with Crippen molar-refractivity contribution in [2.75, 3.05) is 41.4 Å². The lowest BCUT2D eigenvalue weighted by molar-refractivity contribution is 0.595. The minimum atomic E-state index is -2.86. The standard InChI is InChI=1S/C12H18ClN5O2S/c13-10-15-11(14-7-9-3-6-21(19,20)8-9)17-12(16-10)18-4-1-2-5-18/h9H,1-8H2,(H,14,15,16,17). The Morgan fingerprint density at radius 2 is 2.00 bits per heavy atom. The van der Waals surface area contributed by atoms with Gasteiger partial charge in [-0.2, -0.15) is 15.0 Å². The van der Waals surface area contributed by atoms with Crippen molar-refractivity contribution in [3.05, 3.63) is 5.28 Å². The van der Waals surface area contributed by atoms with Crippen LogP contribution in [0.15, 0.2) is 0 Å². The van der Waals surface area contributed by atoms with Crippen LogP contribution >= 0.6 is 11.6 Å². The van der Waals surface area contributed by atoms with Crippen molar-refractivity contribution in [3.8, 4) is 0 Å². The Kier molecular flexibility index (Phi) is 4.17. The van der Waals surface area contributed by atoms with E-state index in [9.17, 15) is 8.42 Å². The summed E-state index contributed by atoms with van der Waals surface area (Å²) in [4.78, 5) is 14.7. The van der Waals surface area contributed by atoms with E-state index in [1.165, 1.54) is 0 Å². The van der Waals surface area contributed by atoms with E-state index in [1.807, 2.05) is 0 Å². The number of sulfone groups is 1. The first-order valence-corrected chi connectivity index (χ1v) is 9.32. The predicted molar refractivity (Wildman–Crippen MR) is 81.5 cm³/mol. The molecule has 0 radical (unpaired) electrons. The highest BCUT2D eigenvalue weighted by atomic mass is 35.5. The van der Waals surface area contributed by atoms with Gasteiger partial charge in [-0.15, -0.1) is 0 Å². The normalized spacial score (nSPS) is 24.4. The molecule has 0 amide bonds. The van der Waals surface area contributed by atoms with Gasteiger partial charge in [-0.05, 0) is 36.8 Å². The van der Waals surface area contributed by atoms with Crippen LogP contribution in [0.5, 0.6) is 0 Å². The molecule has 1 atom stereocenters. The van der Waals surface area contributed by atoms with E-state index < -0.39 is 9.84 Å². The Bertz CT molecular complexity index is 618. The van der Waals surface area contributed by atoms with Gasteiger partial charge in [0.15, 0.2) is 9.84 Å². The number of nitrogens with one attached hydrogen (secondary N) is 1. The van der Waals surface area contributed by atoms with Crippen molar-refractivity contribution >= 4 is 33.3 Å². The van der Waals surface area contributed by atoms with E-state index in [4.69, 9.17) is 11.6 Å². The van der Waals surface area contributed by atoms with Crippen LogP contribution in [0.1, 0.15) is 19.3 Å². The number of hydrogen-bond donors (Lipinski definition) is 1. The van der Waals surface area contributed by atoms with Crippen molar-refractivity contribution in [2.45, 2.75) is 19.3 Å². The Morgan fingerprint density at radius 1 is 1.24 bits per heavy atom. The van der Waals surface area contributed by atoms with Gasteiger partial charge in [-0.3, -0.25) is 0 Å². The minimum Gasteiger partial charge on any atom is -0.354 e. The zero-order valence-electron chi connectivity index (χ0n) is 11.6. The van der Waals surface area contributed by atoms with Crippen LogP contribution in [0.25, 0.3) is 0 Å². The second kappa shape index (κ2) is 5.92. The van der Waals surface area contributed by atoms with Crippen molar-refractivity contribution in [3.63, 3.8) is 0 Å². The Morgan fingerprint density at radius 3 is 2.67 bits per heavy atom. The molecule has 0 spiro atoms. The van der Waals surface area contributed by atoms with Gasteiger partial charge in [0.1, 0.15) is 0 Å². The van der Waals surface area contributed by atoms with Gasteiger partial charge in [0.2, 0.25) is 17.2 Å². The maximum atomic E-state index is 11.4. The molecule has 2 fully saturated rings. The molecule has 2 aliphatic heterocycles. The first-order chi connectivity index (χ1) is 10.0. The molecule has 1 unspecified atom stereocenters. The number of halogens is 1. The second-order valence-corrected chi connectivity index (χ2v) is 8.14. The van der Waals surface area contributed by atoms with E-state index in [0.717, 1.165) is 25.9 Å². The highest BCUT2D eigenvalue weighted by Gasteiger charge is 2.27. The fraction of sp³-hybridized carbons (Fsp3) is 0.750. The molecular weight excluding hydrogens is 314 g/mol. The van der Waals surface area contributed by atoms with Crippen molar-refractivity contribution in [2.24, 2.45) is 5.92 Å².